The van der Waals surface area contributed by atoms with Gasteiger partial charge in [-0.05, 0) is 32.0 Å². The number of aromatic nitrogens is 2. The van der Waals surface area contributed by atoms with E-state index in [9.17, 15) is 4.79 Å². The number of nitrogens with zero attached hydrogens (tertiary/aromatic N) is 2. The van der Waals surface area contributed by atoms with Gasteiger partial charge in [-0.3, -0.25) is 4.79 Å². The normalized spacial score (nSPS) is 11.2. The lowest BCUT2D eigenvalue weighted by atomic mass is 10.3. The van der Waals surface area contributed by atoms with Crippen molar-refractivity contribution in [3.05, 3.63) is 28.5 Å². The number of benzene rings is 1. The molecule has 19 heavy (non-hydrogen) atoms. The number of nitrogens with one attached hydrogen (secondary N) is 1. The molecular formula is C13H15BrClN3O. The van der Waals surface area contributed by atoms with E-state index in [4.69, 9.17) is 11.6 Å². The standard InChI is InChI=1S/C13H15BrClN3O/c1-8(2)16-13(19)7-18-11-4-3-9(14)5-10(11)17-12(18)6-15/h3-5,8H,6-7H2,1-2H3,(H,16,19). The van der Waals surface area contributed by atoms with Crippen LogP contribution in [0.15, 0.2) is 22.7 Å². The fourth-order valence-electron chi connectivity index (χ4n) is 1.94. The van der Waals surface area contributed by atoms with Crippen LogP contribution in [-0.4, -0.2) is 21.5 Å². The van der Waals surface area contributed by atoms with Gasteiger partial charge in [-0.25, -0.2) is 4.98 Å². The molecule has 2 rings (SSSR count). The summed E-state index contributed by atoms with van der Waals surface area (Å²) in [5, 5.41) is 2.87. The van der Waals surface area contributed by atoms with Gasteiger partial charge in [0.15, 0.2) is 0 Å². The van der Waals surface area contributed by atoms with Crippen LogP contribution in [0.3, 0.4) is 0 Å². The zero-order valence-corrected chi connectivity index (χ0v) is 13.1. The number of halogens is 2. The Morgan fingerprint density at radius 1 is 1.53 bits per heavy atom. The summed E-state index contributed by atoms with van der Waals surface area (Å²) in [6, 6.07) is 5.91. The van der Waals surface area contributed by atoms with E-state index in [-0.39, 0.29) is 24.4 Å². The Morgan fingerprint density at radius 2 is 2.26 bits per heavy atom. The molecule has 4 nitrogen and oxygen atoms in total. The van der Waals surface area contributed by atoms with Gasteiger partial charge in [0.25, 0.3) is 0 Å². The summed E-state index contributed by atoms with van der Waals surface area (Å²) in [6.45, 7) is 4.10. The molecule has 1 aromatic carbocycles. The molecule has 1 N–H and O–H groups in total. The molecule has 2 aromatic rings. The Kier molecular flexibility index (Phi) is 4.47. The highest BCUT2D eigenvalue weighted by atomic mass is 79.9. The number of carbonyl (C=O) groups excluding carboxylic acids is 1. The first-order chi connectivity index (χ1) is 9.01. The van der Waals surface area contributed by atoms with Crippen LogP contribution < -0.4 is 5.32 Å². The SMILES string of the molecule is CC(C)NC(=O)Cn1c(CCl)nc2cc(Br)ccc21. The Labute approximate surface area is 125 Å². The van der Waals surface area contributed by atoms with Gasteiger partial charge in [0, 0.05) is 10.5 Å². The summed E-state index contributed by atoms with van der Waals surface area (Å²) in [5.41, 5.74) is 1.75. The van der Waals surface area contributed by atoms with Gasteiger partial charge in [0.1, 0.15) is 12.4 Å². The highest BCUT2D eigenvalue weighted by Gasteiger charge is 2.13. The summed E-state index contributed by atoms with van der Waals surface area (Å²) >= 11 is 9.32. The van der Waals surface area contributed by atoms with Crippen LogP contribution in [0.25, 0.3) is 11.0 Å². The van der Waals surface area contributed by atoms with Gasteiger partial charge in [-0.2, -0.15) is 0 Å². The molecule has 0 aliphatic rings. The number of alkyl halides is 1. The van der Waals surface area contributed by atoms with Crippen LogP contribution >= 0.6 is 27.5 Å². The molecule has 0 saturated heterocycles. The zero-order chi connectivity index (χ0) is 14.0. The zero-order valence-electron chi connectivity index (χ0n) is 10.8. The fourth-order valence-corrected chi connectivity index (χ4v) is 2.50. The van der Waals surface area contributed by atoms with E-state index in [1.54, 1.807) is 0 Å². The van der Waals surface area contributed by atoms with E-state index in [2.05, 4.69) is 26.2 Å². The smallest absolute Gasteiger partial charge is 0.240 e. The number of fused-ring (bicyclic) bond motifs is 1. The van der Waals surface area contributed by atoms with E-state index in [1.165, 1.54) is 0 Å². The Morgan fingerprint density at radius 3 is 2.89 bits per heavy atom. The molecule has 102 valence electrons. The molecule has 0 spiro atoms. The lowest BCUT2D eigenvalue weighted by Gasteiger charge is -2.11. The number of hydrogen-bond donors (Lipinski definition) is 1. The Bertz CT molecular complexity index is 609. The maximum atomic E-state index is 11.9. The largest absolute Gasteiger partial charge is 0.352 e. The quantitative estimate of drug-likeness (QED) is 0.867. The summed E-state index contributed by atoms with van der Waals surface area (Å²) in [7, 11) is 0. The van der Waals surface area contributed by atoms with Crippen LogP contribution in [0.1, 0.15) is 19.7 Å². The van der Waals surface area contributed by atoms with Crippen LogP contribution in [0.2, 0.25) is 0 Å². The maximum Gasteiger partial charge on any atom is 0.240 e. The monoisotopic (exact) mass is 343 g/mol. The van der Waals surface area contributed by atoms with Crippen molar-refractivity contribution in [1.82, 2.24) is 14.9 Å². The van der Waals surface area contributed by atoms with Gasteiger partial charge in [-0.15, -0.1) is 11.6 Å². The predicted molar refractivity (Wildman–Crippen MR) is 80.3 cm³/mol. The van der Waals surface area contributed by atoms with Crippen molar-refractivity contribution in [2.45, 2.75) is 32.3 Å². The highest BCUT2D eigenvalue weighted by Crippen LogP contribution is 2.21. The third-order valence-corrected chi connectivity index (χ3v) is 3.39. The Balaban J connectivity index is 2.38. The number of carbonyl (C=O) groups is 1. The van der Waals surface area contributed by atoms with Crippen molar-refractivity contribution >= 4 is 44.5 Å². The predicted octanol–water partition coefficient (Wildman–Crippen LogP) is 3.06. The molecule has 0 bridgehead atoms. The fraction of sp³-hybridized carbons (Fsp3) is 0.385. The lowest BCUT2D eigenvalue weighted by Crippen LogP contribution is -2.33. The minimum Gasteiger partial charge on any atom is -0.352 e. The molecule has 0 atom stereocenters. The molecule has 0 radical (unpaired) electrons. The number of imidazole rings is 1. The number of hydrogen-bond acceptors (Lipinski definition) is 2. The Hall–Kier alpha value is -1.07. The summed E-state index contributed by atoms with van der Waals surface area (Å²) in [5.74, 6) is 0.943. The highest BCUT2D eigenvalue weighted by molar-refractivity contribution is 9.10. The minimum atomic E-state index is -0.0383. The van der Waals surface area contributed by atoms with E-state index in [0.717, 1.165) is 15.5 Å². The second-order valence-corrected chi connectivity index (χ2v) is 5.79. The van der Waals surface area contributed by atoms with Gasteiger partial charge in [-0.1, -0.05) is 15.9 Å². The molecule has 0 aliphatic carbocycles. The molecule has 0 saturated carbocycles. The molecule has 0 aliphatic heterocycles. The van der Waals surface area contributed by atoms with Gasteiger partial charge < -0.3 is 9.88 Å². The molecular weight excluding hydrogens is 330 g/mol. The summed E-state index contributed by atoms with van der Waals surface area (Å²) < 4.78 is 2.81. The van der Waals surface area contributed by atoms with E-state index in [1.807, 2.05) is 36.6 Å². The van der Waals surface area contributed by atoms with Gasteiger partial charge in [0.05, 0.1) is 16.9 Å². The first-order valence-corrected chi connectivity index (χ1v) is 7.34. The van der Waals surface area contributed by atoms with Crippen molar-refractivity contribution in [2.24, 2.45) is 0 Å². The van der Waals surface area contributed by atoms with Gasteiger partial charge >= 0.3 is 0 Å². The number of amides is 1. The van der Waals surface area contributed by atoms with Crippen LogP contribution in [0.4, 0.5) is 0 Å². The average molecular weight is 345 g/mol. The topological polar surface area (TPSA) is 46.9 Å². The second-order valence-electron chi connectivity index (χ2n) is 4.60. The average Bonchev–Trinajstić information content (AvgIpc) is 2.65. The van der Waals surface area contributed by atoms with E-state index >= 15 is 0 Å². The van der Waals surface area contributed by atoms with Crippen molar-refractivity contribution in [3.63, 3.8) is 0 Å². The van der Waals surface area contributed by atoms with E-state index < -0.39 is 0 Å². The molecule has 1 aromatic heterocycles. The van der Waals surface area contributed by atoms with Crippen LogP contribution in [-0.2, 0) is 17.2 Å². The van der Waals surface area contributed by atoms with Crippen LogP contribution in [0, 0.1) is 0 Å². The number of rotatable bonds is 4. The van der Waals surface area contributed by atoms with Crippen molar-refractivity contribution < 1.29 is 4.79 Å². The molecule has 0 unspecified atom stereocenters. The second kappa shape index (κ2) is 5.92. The molecule has 6 heteroatoms. The molecule has 1 amide bonds. The molecule has 0 fully saturated rings. The van der Waals surface area contributed by atoms with Crippen molar-refractivity contribution in [2.75, 3.05) is 0 Å². The first-order valence-electron chi connectivity index (χ1n) is 6.01. The first kappa shape index (κ1) is 14.3. The van der Waals surface area contributed by atoms with Crippen LogP contribution in [0.5, 0.6) is 0 Å². The lowest BCUT2D eigenvalue weighted by molar-refractivity contribution is -0.122. The van der Waals surface area contributed by atoms with Crippen molar-refractivity contribution in [1.29, 1.82) is 0 Å². The third-order valence-electron chi connectivity index (χ3n) is 2.66. The summed E-state index contributed by atoms with van der Waals surface area (Å²) in [4.78, 5) is 16.3. The summed E-state index contributed by atoms with van der Waals surface area (Å²) in [6.07, 6.45) is 0. The third kappa shape index (κ3) is 3.28. The minimum absolute atomic E-state index is 0.0383. The molecule has 1 heterocycles. The van der Waals surface area contributed by atoms with Gasteiger partial charge in [0.2, 0.25) is 5.91 Å². The van der Waals surface area contributed by atoms with Crippen molar-refractivity contribution in [3.8, 4) is 0 Å². The van der Waals surface area contributed by atoms with E-state index in [0.29, 0.717) is 5.82 Å². The maximum absolute atomic E-state index is 11.9.